The predicted octanol–water partition coefficient (Wildman–Crippen LogP) is 4.41. The summed E-state index contributed by atoms with van der Waals surface area (Å²) in [5, 5.41) is 3.32. The van der Waals surface area contributed by atoms with Crippen molar-refractivity contribution in [2.45, 2.75) is 25.9 Å². The summed E-state index contributed by atoms with van der Waals surface area (Å²) in [6.07, 6.45) is 0.393. The summed E-state index contributed by atoms with van der Waals surface area (Å²) in [5.41, 5.74) is 2.78. The van der Waals surface area contributed by atoms with Gasteiger partial charge in [-0.1, -0.05) is 72.3 Å². The molecule has 1 N–H and O–H groups in total. The third kappa shape index (κ3) is 6.34. The van der Waals surface area contributed by atoms with Crippen LogP contribution in [0.1, 0.15) is 16.7 Å². The van der Waals surface area contributed by atoms with Crippen LogP contribution >= 0.6 is 11.6 Å². The molecule has 0 aliphatic rings. The summed E-state index contributed by atoms with van der Waals surface area (Å²) in [5.74, 6) is 0.145. The van der Waals surface area contributed by atoms with E-state index in [1.807, 2.05) is 73.7 Å². The van der Waals surface area contributed by atoms with Gasteiger partial charge in [0, 0.05) is 25.0 Å². The minimum atomic E-state index is -0.689. The van der Waals surface area contributed by atoms with Crippen molar-refractivity contribution in [3.8, 4) is 5.75 Å². The highest BCUT2D eigenvalue weighted by Gasteiger charge is 2.30. The molecule has 0 fully saturated rings. The van der Waals surface area contributed by atoms with E-state index in [4.69, 9.17) is 16.3 Å². The Morgan fingerprint density at radius 2 is 1.59 bits per heavy atom. The van der Waals surface area contributed by atoms with Crippen LogP contribution in [0.5, 0.6) is 5.75 Å². The molecule has 0 aliphatic carbocycles. The van der Waals surface area contributed by atoms with Crippen LogP contribution in [-0.4, -0.2) is 36.4 Å². The molecule has 3 aromatic carbocycles. The Kier molecular flexibility index (Phi) is 8.28. The Labute approximate surface area is 194 Å². The maximum Gasteiger partial charge on any atom is 0.261 e. The molecule has 1 atom stereocenters. The highest BCUT2D eigenvalue weighted by Crippen LogP contribution is 2.19. The number of nitrogens with zero attached hydrogens (tertiary/aromatic N) is 1. The summed E-state index contributed by atoms with van der Waals surface area (Å²) in [6.45, 7) is 2.02. The summed E-state index contributed by atoms with van der Waals surface area (Å²) in [6, 6.07) is 23.8. The van der Waals surface area contributed by atoms with E-state index < -0.39 is 6.04 Å². The number of likely N-dealkylation sites (N-methyl/N-ethyl adjacent to an activating group) is 1. The lowest BCUT2D eigenvalue weighted by atomic mass is 10.0. The van der Waals surface area contributed by atoms with E-state index in [0.717, 1.165) is 16.7 Å². The van der Waals surface area contributed by atoms with Crippen LogP contribution in [0.25, 0.3) is 0 Å². The molecule has 1 unspecified atom stereocenters. The van der Waals surface area contributed by atoms with Crippen molar-refractivity contribution >= 4 is 23.4 Å². The molecule has 2 amide bonds. The Bertz CT molecular complexity index is 1040. The van der Waals surface area contributed by atoms with Crippen molar-refractivity contribution in [2.24, 2.45) is 0 Å². The van der Waals surface area contributed by atoms with E-state index in [-0.39, 0.29) is 25.0 Å². The summed E-state index contributed by atoms with van der Waals surface area (Å²) in [4.78, 5) is 27.8. The van der Waals surface area contributed by atoms with Crippen LogP contribution in [0.15, 0.2) is 78.9 Å². The highest BCUT2D eigenvalue weighted by molar-refractivity contribution is 6.30. The fraction of sp³-hybridized carbons (Fsp3) is 0.231. The molecule has 6 heteroatoms. The van der Waals surface area contributed by atoms with Gasteiger partial charge in [-0.15, -0.1) is 0 Å². The number of hydrogen-bond donors (Lipinski definition) is 1. The van der Waals surface area contributed by atoms with E-state index in [2.05, 4.69) is 5.32 Å². The number of rotatable bonds is 9. The first-order chi connectivity index (χ1) is 15.5. The highest BCUT2D eigenvalue weighted by atomic mass is 35.5. The molecular weight excluding hydrogens is 424 g/mol. The van der Waals surface area contributed by atoms with Crippen molar-refractivity contribution in [3.63, 3.8) is 0 Å². The van der Waals surface area contributed by atoms with Crippen LogP contribution in [-0.2, 0) is 22.6 Å². The minimum Gasteiger partial charge on any atom is -0.484 e. The normalized spacial score (nSPS) is 11.5. The fourth-order valence-electron chi connectivity index (χ4n) is 3.45. The molecule has 166 valence electrons. The molecular formula is C26H27ClN2O3. The monoisotopic (exact) mass is 450 g/mol. The predicted molar refractivity (Wildman–Crippen MR) is 127 cm³/mol. The van der Waals surface area contributed by atoms with E-state index in [0.29, 0.717) is 17.2 Å². The van der Waals surface area contributed by atoms with E-state index in [9.17, 15) is 9.59 Å². The van der Waals surface area contributed by atoms with Crippen molar-refractivity contribution in [1.82, 2.24) is 10.2 Å². The number of aryl methyl sites for hydroxylation is 1. The number of hydrogen-bond acceptors (Lipinski definition) is 3. The lowest BCUT2D eigenvalue weighted by Crippen LogP contribution is -2.51. The molecule has 0 aliphatic heterocycles. The number of carbonyl (C=O) groups is 2. The lowest BCUT2D eigenvalue weighted by molar-refractivity contribution is -0.142. The van der Waals surface area contributed by atoms with Gasteiger partial charge in [0.05, 0.1) is 0 Å². The van der Waals surface area contributed by atoms with Crippen LogP contribution in [0.2, 0.25) is 5.02 Å². The number of halogens is 1. The summed E-state index contributed by atoms with van der Waals surface area (Å²) in [7, 11) is 1.58. The first-order valence-corrected chi connectivity index (χ1v) is 10.8. The first kappa shape index (κ1) is 23.4. The molecule has 0 saturated heterocycles. The fourth-order valence-corrected chi connectivity index (χ4v) is 3.57. The second kappa shape index (κ2) is 11.3. The van der Waals surface area contributed by atoms with Gasteiger partial charge in [-0.2, -0.15) is 0 Å². The first-order valence-electron chi connectivity index (χ1n) is 10.5. The molecule has 0 saturated carbocycles. The molecule has 0 spiro atoms. The lowest BCUT2D eigenvalue weighted by Gasteiger charge is -2.31. The number of benzene rings is 3. The number of para-hydroxylation sites is 1. The van der Waals surface area contributed by atoms with Gasteiger partial charge < -0.3 is 15.0 Å². The standard InChI is InChI=1S/C26H27ClN2O3/c1-19-8-6-7-11-24(19)32-18-25(30)29(17-21-12-14-22(27)15-13-21)23(26(31)28-2)16-20-9-4-3-5-10-20/h3-15,23H,16-18H2,1-2H3,(H,28,31). The number of carbonyl (C=O) groups excluding carboxylic acids is 2. The van der Waals surface area contributed by atoms with Crippen molar-refractivity contribution in [2.75, 3.05) is 13.7 Å². The summed E-state index contributed by atoms with van der Waals surface area (Å²) >= 11 is 6.02. The Balaban J connectivity index is 1.87. The van der Waals surface area contributed by atoms with Crippen molar-refractivity contribution in [3.05, 3.63) is 101 Å². The number of ether oxygens (including phenoxy) is 1. The largest absolute Gasteiger partial charge is 0.484 e. The van der Waals surface area contributed by atoms with Gasteiger partial charge in [0.2, 0.25) is 5.91 Å². The maximum atomic E-state index is 13.3. The maximum absolute atomic E-state index is 13.3. The molecule has 5 nitrogen and oxygen atoms in total. The van der Waals surface area contributed by atoms with Crippen molar-refractivity contribution < 1.29 is 14.3 Å². The third-order valence-corrected chi connectivity index (χ3v) is 5.48. The van der Waals surface area contributed by atoms with Crippen molar-refractivity contribution in [1.29, 1.82) is 0 Å². The smallest absolute Gasteiger partial charge is 0.261 e. The second-order valence-corrected chi connectivity index (χ2v) is 7.96. The van der Waals surface area contributed by atoms with Crippen LogP contribution in [0, 0.1) is 6.92 Å². The van der Waals surface area contributed by atoms with Crippen LogP contribution < -0.4 is 10.1 Å². The Hall–Kier alpha value is -3.31. The van der Waals surface area contributed by atoms with Gasteiger partial charge in [-0.05, 0) is 41.8 Å². The molecule has 0 radical (unpaired) electrons. The number of nitrogens with one attached hydrogen (secondary N) is 1. The van der Waals surface area contributed by atoms with E-state index in [1.165, 1.54) is 0 Å². The van der Waals surface area contributed by atoms with Crippen LogP contribution in [0.4, 0.5) is 0 Å². The van der Waals surface area contributed by atoms with Gasteiger partial charge in [0.25, 0.3) is 5.91 Å². The van der Waals surface area contributed by atoms with Gasteiger partial charge in [-0.25, -0.2) is 0 Å². The molecule has 0 heterocycles. The molecule has 0 bridgehead atoms. The zero-order chi connectivity index (χ0) is 22.9. The average molecular weight is 451 g/mol. The second-order valence-electron chi connectivity index (χ2n) is 7.52. The SMILES string of the molecule is CNC(=O)C(Cc1ccccc1)N(Cc1ccc(Cl)cc1)C(=O)COc1ccccc1C. The summed E-state index contributed by atoms with van der Waals surface area (Å²) < 4.78 is 5.81. The zero-order valence-electron chi connectivity index (χ0n) is 18.3. The zero-order valence-corrected chi connectivity index (χ0v) is 19.0. The molecule has 32 heavy (non-hydrogen) atoms. The number of amides is 2. The van der Waals surface area contributed by atoms with Gasteiger partial charge in [-0.3, -0.25) is 9.59 Å². The average Bonchev–Trinajstić information content (AvgIpc) is 2.82. The van der Waals surface area contributed by atoms with Gasteiger partial charge in [0.1, 0.15) is 11.8 Å². The minimum absolute atomic E-state index is 0.166. The van der Waals surface area contributed by atoms with Gasteiger partial charge >= 0.3 is 0 Å². The third-order valence-electron chi connectivity index (χ3n) is 5.23. The van der Waals surface area contributed by atoms with Crippen LogP contribution in [0.3, 0.4) is 0 Å². The molecule has 3 rings (SSSR count). The van der Waals surface area contributed by atoms with Gasteiger partial charge in [0.15, 0.2) is 6.61 Å². The molecule has 0 aromatic heterocycles. The Morgan fingerprint density at radius 3 is 2.25 bits per heavy atom. The topological polar surface area (TPSA) is 58.6 Å². The van der Waals surface area contributed by atoms with E-state index in [1.54, 1.807) is 24.1 Å². The molecule has 3 aromatic rings. The van der Waals surface area contributed by atoms with E-state index >= 15 is 0 Å². The quantitative estimate of drug-likeness (QED) is 0.525. The Morgan fingerprint density at radius 1 is 0.938 bits per heavy atom.